The second-order valence-corrected chi connectivity index (χ2v) is 6.85. The van der Waals surface area contributed by atoms with E-state index in [1.165, 1.54) is 0 Å². The van der Waals surface area contributed by atoms with Crippen LogP contribution in [0.4, 0.5) is 0 Å². The summed E-state index contributed by atoms with van der Waals surface area (Å²) in [4.78, 5) is 29.3. The van der Waals surface area contributed by atoms with Crippen LogP contribution in [0.3, 0.4) is 0 Å². The summed E-state index contributed by atoms with van der Waals surface area (Å²) in [7, 11) is 0. The fraction of sp³-hybridized carbons (Fsp3) is 0.318. The number of amides is 2. The molecule has 0 fully saturated rings. The highest BCUT2D eigenvalue weighted by molar-refractivity contribution is 5.94. The van der Waals surface area contributed by atoms with Crippen LogP contribution in [0.2, 0.25) is 0 Å². The number of imidazole rings is 1. The van der Waals surface area contributed by atoms with Gasteiger partial charge in [-0.25, -0.2) is 4.98 Å². The number of hydrogen-bond donors (Lipinski definition) is 2. The van der Waals surface area contributed by atoms with Crippen LogP contribution < -0.4 is 10.6 Å². The molecule has 1 aromatic heterocycles. The van der Waals surface area contributed by atoms with Gasteiger partial charge < -0.3 is 15.2 Å². The van der Waals surface area contributed by atoms with E-state index in [0.29, 0.717) is 18.5 Å². The Morgan fingerprint density at radius 3 is 2.54 bits per heavy atom. The van der Waals surface area contributed by atoms with Gasteiger partial charge in [0.1, 0.15) is 12.4 Å². The van der Waals surface area contributed by atoms with E-state index in [1.807, 2.05) is 60.9 Å². The maximum atomic E-state index is 12.4. The lowest BCUT2D eigenvalue weighted by molar-refractivity contribution is -0.122. The van der Waals surface area contributed by atoms with E-state index in [0.717, 1.165) is 23.3 Å². The van der Waals surface area contributed by atoms with Gasteiger partial charge in [0.2, 0.25) is 5.91 Å². The third-order valence-corrected chi connectivity index (χ3v) is 4.73. The van der Waals surface area contributed by atoms with Gasteiger partial charge in [-0.2, -0.15) is 0 Å². The molecule has 1 unspecified atom stereocenters. The van der Waals surface area contributed by atoms with Crippen LogP contribution in [0.15, 0.2) is 54.6 Å². The molecule has 0 aliphatic heterocycles. The van der Waals surface area contributed by atoms with Crippen LogP contribution in [-0.2, 0) is 17.8 Å². The highest BCUT2D eigenvalue weighted by atomic mass is 16.2. The monoisotopic (exact) mass is 378 g/mol. The Bertz CT molecular complexity index is 950. The van der Waals surface area contributed by atoms with Gasteiger partial charge in [0, 0.05) is 24.6 Å². The van der Waals surface area contributed by atoms with Gasteiger partial charge in [-0.05, 0) is 37.6 Å². The Morgan fingerprint density at radius 1 is 1.07 bits per heavy atom. The number of carbonyl (C=O) groups excluding carboxylic acids is 2. The van der Waals surface area contributed by atoms with Crippen molar-refractivity contribution in [3.63, 3.8) is 0 Å². The van der Waals surface area contributed by atoms with Crippen molar-refractivity contribution in [2.45, 2.75) is 39.3 Å². The van der Waals surface area contributed by atoms with E-state index in [2.05, 4.69) is 15.6 Å². The Kier molecular flexibility index (Phi) is 6.42. The van der Waals surface area contributed by atoms with E-state index >= 15 is 0 Å². The predicted molar refractivity (Wildman–Crippen MR) is 110 cm³/mol. The summed E-state index contributed by atoms with van der Waals surface area (Å²) in [5, 5.41) is 5.92. The zero-order chi connectivity index (χ0) is 19.9. The molecule has 1 heterocycles. The fourth-order valence-corrected chi connectivity index (χ4v) is 3.04. The van der Waals surface area contributed by atoms with Crippen molar-refractivity contribution in [1.82, 2.24) is 20.2 Å². The van der Waals surface area contributed by atoms with Crippen LogP contribution in [0.1, 0.15) is 36.5 Å². The molecule has 0 radical (unpaired) electrons. The summed E-state index contributed by atoms with van der Waals surface area (Å²) in [6.45, 7) is 4.69. The molecule has 0 saturated heterocycles. The van der Waals surface area contributed by atoms with E-state index in [4.69, 9.17) is 0 Å². The number of aromatic nitrogens is 2. The third kappa shape index (κ3) is 4.76. The number of carbonyl (C=O) groups is 2. The summed E-state index contributed by atoms with van der Waals surface area (Å²) in [5.74, 6) is 0.638. The number of rotatable bonds is 8. The molecule has 28 heavy (non-hydrogen) atoms. The van der Waals surface area contributed by atoms with Crippen molar-refractivity contribution < 1.29 is 9.59 Å². The molecule has 146 valence electrons. The number of hydrogen-bond acceptors (Lipinski definition) is 3. The van der Waals surface area contributed by atoms with Crippen molar-refractivity contribution in [2.75, 3.05) is 6.54 Å². The maximum absolute atomic E-state index is 12.4. The van der Waals surface area contributed by atoms with E-state index in [1.54, 1.807) is 12.1 Å². The lowest BCUT2D eigenvalue weighted by Gasteiger charge is -2.14. The molecule has 6 nitrogen and oxygen atoms in total. The first-order valence-corrected chi connectivity index (χ1v) is 9.65. The molecule has 0 saturated carbocycles. The van der Waals surface area contributed by atoms with Crippen molar-refractivity contribution in [2.24, 2.45) is 0 Å². The van der Waals surface area contributed by atoms with Crippen LogP contribution in [0.5, 0.6) is 0 Å². The Labute approximate surface area is 165 Å². The van der Waals surface area contributed by atoms with Crippen LogP contribution >= 0.6 is 0 Å². The fourth-order valence-electron chi connectivity index (χ4n) is 3.04. The lowest BCUT2D eigenvalue weighted by atomic mass is 10.2. The van der Waals surface area contributed by atoms with Gasteiger partial charge in [0.25, 0.3) is 5.91 Å². The summed E-state index contributed by atoms with van der Waals surface area (Å²) in [5.41, 5.74) is 2.40. The van der Waals surface area contributed by atoms with Crippen LogP contribution in [-0.4, -0.2) is 34.0 Å². The van der Waals surface area contributed by atoms with Gasteiger partial charge >= 0.3 is 0 Å². The first-order valence-electron chi connectivity index (χ1n) is 9.65. The minimum atomic E-state index is -0.113. The first kappa shape index (κ1) is 19.6. The molecule has 3 aromatic rings. The van der Waals surface area contributed by atoms with Crippen molar-refractivity contribution in [3.8, 4) is 0 Å². The average Bonchev–Trinajstić information content (AvgIpc) is 3.05. The molecule has 0 spiro atoms. The first-order chi connectivity index (χ1) is 13.6. The molecule has 0 bridgehead atoms. The molecular weight excluding hydrogens is 352 g/mol. The van der Waals surface area contributed by atoms with E-state index in [9.17, 15) is 9.59 Å². The van der Waals surface area contributed by atoms with Gasteiger partial charge in [-0.15, -0.1) is 0 Å². The molecule has 2 amide bonds. The van der Waals surface area contributed by atoms with Gasteiger partial charge in [-0.1, -0.05) is 37.3 Å². The number of nitrogens with one attached hydrogen (secondary N) is 2. The van der Waals surface area contributed by atoms with E-state index in [-0.39, 0.29) is 24.4 Å². The normalized spacial score (nSPS) is 11.9. The van der Waals surface area contributed by atoms with Gasteiger partial charge in [0.05, 0.1) is 11.0 Å². The molecule has 3 rings (SSSR count). The minimum absolute atomic E-state index is 0.0351. The summed E-state index contributed by atoms with van der Waals surface area (Å²) in [6, 6.07) is 17.0. The SMILES string of the molecule is CCC(C)NC(=O)Cn1c(CCNC(=O)c2ccccc2)nc2ccccc21. The highest BCUT2D eigenvalue weighted by Crippen LogP contribution is 2.16. The molecule has 0 aliphatic rings. The molecule has 2 N–H and O–H groups in total. The summed E-state index contributed by atoms with van der Waals surface area (Å²) >= 11 is 0. The third-order valence-electron chi connectivity index (χ3n) is 4.73. The van der Waals surface area contributed by atoms with E-state index < -0.39 is 0 Å². The largest absolute Gasteiger partial charge is 0.352 e. The van der Waals surface area contributed by atoms with Crippen molar-refractivity contribution in [3.05, 3.63) is 66.0 Å². The standard InChI is InChI=1S/C22H26N4O2/c1-3-16(2)24-21(27)15-26-19-12-8-7-11-18(19)25-20(26)13-14-23-22(28)17-9-5-4-6-10-17/h4-12,16H,3,13-15H2,1-2H3,(H,23,28)(H,24,27). The Morgan fingerprint density at radius 2 is 1.79 bits per heavy atom. The number of fused-ring (bicyclic) bond motifs is 1. The summed E-state index contributed by atoms with van der Waals surface area (Å²) < 4.78 is 1.93. The average molecular weight is 378 g/mol. The molecule has 6 heteroatoms. The zero-order valence-corrected chi connectivity index (χ0v) is 16.3. The Balaban J connectivity index is 1.71. The van der Waals surface area contributed by atoms with Crippen LogP contribution in [0.25, 0.3) is 11.0 Å². The number of benzene rings is 2. The topological polar surface area (TPSA) is 76.0 Å². The van der Waals surface area contributed by atoms with Gasteiger partial charge in [0.15, 0.2) is 0 Å². The van der Waals surface area contributed by atoms with Crippen LogP contribution in [0, 0.1) is 0 Å². The summed E-state index contributed by atoms with van der Waals surface area (Å²) in [6.07, 6.45) is 1.43. The highest BCUT2D eigenvalue weighted by Gasteiger charge is 2.15. The maximum Gasteiger partial charge on any atom is 0.251 e. The predicted octanol–water partition coefficient (Wildman–Crippen LogP) is 2.92. The zero-order valence-electron chi connectivity index (χ0n) is 16.3. The number of para-hydroxylation sites is 2. The van der Waals surface area contributed by atoms with Crippen molar-refractivity contribution in [1.29, 1.82) is 0 Å². The number of nitrogens with zero attached hydrogens (tertiary/aromatic N) is 2. The van der Waals surface area contributed by atoms with Crippen molar-refractivity contribution >= 4 is 22.8 Å². The quantitative estimate of drug-likeness (QED) is 0.633. The molecular formula is C22H26N4O2. The second kappa shape index (κ2) is 9.17. The second-order valence-electron chi connectivity index (χ2n) is 6.85. The smallest absolute Gasteiger partial charge is 0.251 e. The Hall–Kier alpha value is -3.15. The molecule has 2 aromatic carbocycles. The minimum Gasteiger partial charge on any atom is -0.352 e. The molecule has 1 atom stereocenters. The van der Waals surface area contributed by atoms with Gasteiger partial charge in [-0.3, -0.25) is 9.59 Å². The lowest BCUT2D eigenvalue weighted by Crippen LogP contribution is -2.35. The molecule has 0 aliphatic carbocycles.